The molecule has 98 valence electrons. The summed E-state index contributed by atoms with van der Waals surface area (Å²) in [6, 6.07) is 0.534. The molecule has 3 saturated carbocycles. The van der Waals surface area contributed by atoms with Crippen molar-refractivity contribution in [2.75, 3.05) is 0 Å². The van der Waals surface area contributed by atoms with Crippen LogP contribution in [-0.4, -0.2) is 6.04 Å². The normalized spacial score (nSPS) is 47.5. The zero-order valence-electron chi connectivity index (χ0n) is 11.2. The Morgan fingerprint density at radius 2 is 1.18 bits per heavy atom. The van der Waals surface area contributed by atoms with Crippen LogP contribution in [0.3, 0.4) is 0 Å². The highest BCUT2D eigenvalue weighted by Gasteiger charge is 2.36. The van der Waals surface area contributed by atoms with Gasteiger partial charge in [0.1, 0.15) is 0 Å². The van der Waals surface area contributed by atoms with E-state index < -0.39 is 0 Å². The largest absolute Gasteiger partial charge is 0.327 e. The minimum absolute atomic E-state index is 0.534. The van der Waals surface area contributed by atoms with Crippen molar-refractivity contribution in [2.24, 2.45) is 29.4 Å². The van der Waals surface area contributed by atoms with Crippen LogP contribution in [0.15, 0.2) is 0 Å². The predicted molar refractivity (Wildman–Crippen MR) is 72.7 cm³/mol. The molecule has 2 N–H and O–H groups in total. The molecule has 1 heteroatoms. The van der Waals surface area contributed by atoms with E-state index in [0.717, 1.165) is 23.7 Å². The summed E-state index contributed by atoms with van der Waals surface area (Å²) in [4.78, 5) is 0. The lowest BCUT2D eigenvalue weighted by molar-refractivity contribution is 0.0985. The molecule has 0 saturated heterocycles. The molecule has 0 radical (unpaired) electrons. The molecule has 17 heavy (non-hydrogen) atoms. The van der Waals surface area contributed by atoms with E-state index in [4.69, 9.17) is 5.73 Å². The Bertz CT molecular complexity index is 248. The molecule has 3 aliphatic carbocycles. The number of hydrogen-bond donors (Lipinski definition) is 1. The highest BCUT2D eigenvalue weighted by atomic mass is 14.7. The first-order chi connectivity index (χ1) is 8.34. The van der Waals surface area contributed by atoms with Crippen LogP contribution in [0.1, 0.15) is 70.6 Å². The second kappa shape index (κ2) is 5.30. The van der Waals surface area contributed by atoms with Gasteiger partial charge < -0.3 is 5.73 Å². The van der Waals surface area contributed by atoms with E-state index in [9.17, 15) is 0 Å². The van der Waals surface area contributed by atoms with Crippen molar-refractivity contribution in [3.05, 3.63) is 0 Å². The molecule has 0 amide bonds. The standard InChI is InChI=1S/C16H29N/c17-16-11-14-7-2-1-5-12(14)9-10-13-6-3-4-8-15(13)16/h12-16H,1-11,17H2. The van der Waals surface area contributed by atoms with Gasteiger partial charge in [0.2, 0.25) is 0 Å². The summed E-state index contributed by atoms with van der Waals surface area (Å²) >= 11 is 0. The van der Waals surface area contributed by atoms with Crippen molar-refractivity contribution in [1.82, 2.24) is 0 Å². The van der Waals surface area contributed by atoms with Crippen LogP contribution in [-0.2, 0) is 0 Å². The third kappa shape index (κ3) is 2.54. The summed E-state index contributed by atoms with van der Waals surface area (Å²) in [5.41, 5.74) is 6.57. The van der Waals surface area contributed by atoms with Gasteiger partial charge >= 0.3 is 0 Å². The molecule has 3 rings (SSSR count). The van der Waals surface area contributed by atoms with Gasteiger partial charge in [-0.05, 0) is 49.4 Å². The number of nitrogens with two attached hydrogens (primary N) is 1. The molecule has 5 unspecified atom stereocenters. The zero-order valence-corrected chi connectivity index (χ0v) is 11.2. The average Bonchev–Trinajstić information content (AvgIpc) is 2.36. The van der Waals surface area contributed by atoms with Gasteiger partial charge in [0, 0.05) is 6.04 Å². The summed E-state index contributed by atoms with van der Waals surface area (Å²) in [5, 5.41) is 0. The number of rotatable bonds is 0. The van der Waals surface area contributed by atoms with Crippen LogP contribution in [0.5, 0.6) is 0 Å². The third-order valence-corrected chi connectivity index (χ3v) is 6.07. The summed E-state index contributed by atoms with van der Waals surface area (Å²) < 4.78 is 0. The maximum Gasteiger partial charge on any atom is 0.00725 e. The first kappa shape index (κ1) is 12.0. The molecule has 0 aromatic rings. The van der Waals surface area contributed by atoms with Crippen LogP contribution in [0, 0.1) is 23.7 Å². The van der Waals surface area contributed by atoms with Crippen molar-refractivity contribution in [3.8, 4) is 0 Å². The van der Waals surface area contributed by atoms with Gasteiger partial charge in [0.05, 0.1) is 0 Å². The van der Waals surface area contributed by atoms with E-state index in [0.29, 0.717) is 6.04 Å². The lowest BCUT2D eigenvalue weighted by atomic mass is 9.64. The minimum atomic E-state index is 0.534. The van der Waals surface area contributed by atoms with Crippen molar-refractivity contribution >= 4 is 0 Å². The van der Waals surface area contributed by atoms with Gasteiger partial charge in [-0.1, -0.05) is 44.9 Å². The lowest BCUT2D eigenvalue weighted by Crippen LogP contribution is -2.42. The first-order valence-electron chi connectivity index (χ1n) is 8.10. The van der Waals surface area contributed by atoms with Crippen molar-refractivity contribution < 1.29 is 0 Å². The molecule has 0 aromatic carbocycles. The number of fused-ring (bicyclic) bond motifs is 2. The monoisotopic (exact) mass is 235 g/mol. The van der Waals surface area contributed by atoms with Gasteiger partial charge in [-0.15, -0.1) is 0 Å². The Labute approximate surface area is 107 Å². The molecule has 0 aromatic heterocycles. The second-order valence-corrected chi connectivity index (χ2v) is 6.99. The van der Waals surface area contributed by atoms with E-state index in [-0.39, 0.29) is 0 Å². The molecule has 0 bridgehead atoms. The fourth-order valence-electron chi connectivity index (χ4n) is 5.09. The van der Waals surface area contributed by atoms with Crippen molar-refractivity contribution in [2.45, 2.75) is 76.7 Å². The Kier molecular flexibility index (Phi) is 3.75. The van der Waals surface area contributed by atoms with Gasteiger partial charge in [0.25, 0.3) is 0 Å². The number of hydrogen-bond acceptors (Lipinski definition) is 1. The Hall–Kier alpha value is -0.0400. The highest BCUT2D eigenvalue weighted by molar-refractivity contribution is 4.90. The molecular weight excluding hydrogens is 206 g/mol. The van der Waals surface area contributed by atoms with Gasteiger partial charge in [-0.25, -0.2) is 0 Å². The SMILES string of the molecule is NC1CC2CCCCC2CCC2CCCCC12. The van der Waals surface area contributed by atoms with Crippen LogP contribution in [0.25, 0.3) is 0 Å². The predicted octanol–water partition coefficient (Wildman–Crippen LogP) is 4.11. The van der Waals surface area contributed by atoms with Crippen LogP contribution >= 0.6 is 0 Å². The van der Waals surface area contributed by atoms with Crippen molar-refractivity contribution in [1.29, 1.82) is 0 Å². The first-order valence-corrected chi connectivity index (χ1v) is 8.10. The summed E-state index contributed by atoms with van der Waals surface area (Å²) in [7, 11) is 0. The fourth-order valence-corrected chi connectivity index (χ4v) is 5.09. The fraction of sp³-hybridized carbons (Fsp3) is 1.00. The van der Waals surface area contributed by atoms with Crippen molar-refractivity contribution in [3.63, 3.8) is 0 Å². The van der Waals surface area contributed by atoms with E-state index >= 15 is 0 Å². The van der Waals surface area contributed by atoms with Crippen LogP contribution in [0.4, 0.5) is 0 Å². The molecular formula is C16H29N. The van der Waals surface area contributed by atoms with Crippen LogP contribution in [0.2, 0.25) is 0 Å². The molecule has 0 aliphatic heterocycles. The van der Waals surface area contributed by atoms with E-state index in [1.54, 1.807) is 0 Å². The molecule has 3 fully saturated rings. The average molecular weight is 235 g/mol. The minimum Gasteiger partial charge on any atom is -0.327 e. The Balaban J connectivity index is 1.70. The summed E-state index contributed by atoms with van der Waals surface area (Å²) in [6.45, 7) is 0. The van der Waals surface area contributed by atoms with E-state index in [2.05, 4.69) is 0 Å². The molecule has 0 spiro atoms. The Morgan fingerprint density at radius 1 is 0.588 bits per heavy atom. The lowest BCUT2D eigenvalue weighted by Gasteiger charge is -2.43. The van der Waals surface area contributed by atoms with Gasteiger partial charge in [-0.2, -0.15) is 0 Å². The highest BCUT2D eigenvalue weighted by Crippen LogP contribution is 2.44. The molecule has 1 nitrogen and oxygen atoms in total. The zero-order chi connectivity index (χ0) is 11.7. The molecule has 5 atom stereocenters. The molecule has 0 heterocycles. The summed E-state index contributed by atoms with van der Waals surface area (Å²) in [5.74, 6) is 3.90. The third-order valence-electron chi connectivity index (χ3n) is 6.07. The Morgan fingerprint density at radius 3 is 2.00 bits per heavy atom. The second-order valence-electron chi connectivity index (χ2n) is 6.99. The summed E-state index contributed by atoms with van der Waals surface area (Å²) in [6.07, 6.45) is 16.2. The maximum atomic E-state index is 6.57. The smallest absolute Gasteiger partial charge is 0.00725 e. The molecule has 3 aliphatic rings. The van der Waals surface area contributed by atoms with E-state index in [1.807, 2.05) is 0 Å². The topological polar surface area (TPSA) is 26.0 Å². The van der Waals surface area contributed by atoms with E-state index in [1.165, 1.54) is 70.6 Å². The quantitative estimate of drug-likeness (QED) is 0.672. The van der Waals surface area contributed by atoms with Gasteiger partial charge in [-0.3, -0.25) is 0 Å². The van der Waals surface area contributed by atoms with Gasteiger partial charge in [0.15, 0.2) is 0 Å². The van der Waals surface area contributed by atoms with Crippen LogP contribution < -0.4 is 5.73 Å². The maximum absolute atomic E-state index is 6.57.